The summed E-state index contributed by atoms with van der Waals surface area (Å²) in [5, 5.41) is 0.673. The third-order valence-electron chi connectivity index (χ3n) is 4.46. The molecule has 0 heterocycles. The molecule has 0 saturated heterocycles. The highest BCUT2D eigenvalue weighted by atomic mass is 35.5. The molecule has 1 atom stereocenters. The fraction of sp³-hybridized carbons (Fsp3) is 0.400. The molecule has 0 aliphatic heterocycles. The van der Waals surface area contributed by atoms with E-state index >= 15 is 0 Å². The first-order chi connectivity index (χ1) is 12.6. The minimum atomic E-state index is -3.64. The van der Waals surface area contributed by atoms with Gasteiger partial charge in [-0.3, -0.25) is 0 Å². The molecule has 0 saturated carbocycles. The maximum Gasteiger partial charge on any atom is 0.216 e. The lowest BCUT2D eigenvalue weighted by Gasteiger charge is -2.21. The van der Waals surface area contributed by atoms with Crippen LogP contribution < -0.4 is 9.46 Å². The Hall–Kier alpha value is -1.27. The van der Waals surface area contributed by atoms with Crippen LogP contribution in [0.1, 0.15) is 55.0 Å². The molecule has 0 aliphatic carbocycles. The first-order valence-electron chi connectivity index (χ1n) is 8.67. The number of hydrogen-bond donors (Lipinski definition) is 1. The fourth-order valence-corrected chi connectivity index (χ4v) is 5.17. The van der Waals surface area contributed by atoms with Crippen molar-refractivity contribution in [1.29, 1.82) is 0 Å². The minimum Gasteiger partial charge on any atom is -0.496 e. The molecule has 148 valence electrons. The number of methoxy groups -OCH3 is 1. The summed E-state index contributed by atoms with van der Waals surface area (Å²) in [4.78, 5) is 0. The molecule has 7 heteroatoms. The summed E-state index contributed by atoms with van der Waals surface area (Å²) < 4.78 is 33.6. The van der Waals surface area contributed by atoms with E-state index in [9.17, 15) is 8.42 Å². The van der Waals surface area contributed by atoms with Crippen molar-refractivity contribution in [2.75, 3.05) is 7.11 Å². The second kappa shape index (κ2) is 8.82. The molecule has 0 bridgehead atoms. The number of hydrogen-bond acceptors (Lipinski definition) is 3. The average molecular weight is 430 g/mol. The van der Waals surface area contributed by atoms with Crippen LogP contribution in [0.3, 0.4) is 0 Å². The topological polar surface area (TPSA) is 55.4 Å². The van der Waals surface area contributed by atoms with E-state index in [0.717, 1.165) is 22.4 Å². The standard InChI is InChI=1S/C20H25Cl2NO3S/c1-12(2)15-10-16(13(3)9-20(15)26-5)14(4)23-27(24,25)11-17-18(21)7-6-8-19(17)22/h6-10,12,14,23H,11H2,1-5H3. The number of halogens is 2. The Bertz CT molecular complexity index is 907. The third kappa shape index (κ3) is 5.38. The minimum absolute atomic E-state index is 0.255. The number of rotatable bonds is 7. The van der Waals surface area contributed by atoms with Gasteiger partial charge >= 0.3 is 0 Å². The van der Waals surface area contributed by atoms with E-state index in [1.54, 1.807) is 25.3 Å². The molecule has 27 heavy (non-hydrogen) atoms. The second-order valence-electron chi connectivity index (χ2n) is 6.90. The Morgan fingerprint density at radius 1 is 1.07 bits per heavy atom. The van der Waals surface area contributed by atoms with Crippen molar-refractivity contribution in [3.8, 4) is 5.75 Å². The third-order valence-corrected chi connectivity index (χ3v) is 6.55. The summed E-state index contributed by atoms with van der Waals surface area (Å²) in [6.07, 6.45) is 0. The molecule has 0 spiro atoms. The van der Waals surface area contributed by atoms with Crippen LogP contribution in [0.15, 0.2) is 30.3 Å². The van der Waals surface area contributed by atoms with Gasteiger partial charge in [0.15, 0.2) is 0 Å². The van der Waals surface area contributed by atoms with E-state index in [1.165, 1.54) is 0 Å². The number of nitrogens with one attached hydrogen (secondary N) is 1. The van der Waals surface area contributed by atoms with Gasteiger partial charge in [0.25, 0.3) is 0 Å². The van der Waals surface area contributed by atoms with E-state index < -0.39 is 16.1 Å². The van der Waals surface area contributed by atoms with Gasteiger partial charge < -0.3 is 4.74 Å². The number of ether oxygens (including phenoxy) is 1. The first kappa shape index (κ1) is 22.0. The monoisotopic (exact) mass is 429 g/mol. The number of benzene rings is 2. The number of aryl methyl sites for hydroxylation is 1. The Morgan fingerprint density at radius 2 is 1.67 bits per heavy atom. The largest absolute Gasteiger partial charge is 0.496 e. The Balaban J connectivity index is 2.30. The molecular formula is C20H25Cl2NO3S. The SMILES string of the molecule is COc1cc(C)c(C(C)NS(=O)(=O)Cc2c(Cl)cccc2Cl)cc1C(C)C. The zero-order valence-corrected chi connectivity index (χ0v) is 18.5. The zero-order chi connectivity index (χ0) is 20.4. The lowest BCUT2D eigenvalue weighted by atomic mass is 9.94. The van der Waals surface area contributed by atoms with Crippen LogP contribution in [0.2, 0.25) is 10.0 Å². The molecule has 1 N–H and O–H groups in total. The van der Waals surface area contributed by atoms with Crippen molar-refractivity contribution < 1.29 is 13.2 Å². The van der Waals surface area contributed by atoms with Gasteiger partial charge in [-0.25, -0.2) is 13.1 Å². The van der Waals surface area contributed by atoms with Crippen LogP contribution in [-0.2, 0) is 15.8 Å². The van der Waals surface area contributed by atoms with E-state index in [2.05, 4.69) is 18.6 Å². The van der Waals surface area contributed by atoms with Gasteiger partial charge in [0.1, 0.15) is 5.75 Å². The van der Waals surface area contributed by atoms with E-state index in [1.807, 2.05) is 26.0 Å². The molecule has 2 aromatic rings. The summed E-state index contributed by atoms with van der Waals surface area (Å²) in [7, 11) is -2.00. The van der Waals surface area contributed by atoms with Gasteiger partial charge in [0.05, 0.1) is 12.9 Å². The molecular weight excluding hydrogens is 405 g/mol. The second-order valence-corrected chi connectivity index (χ2v) is 9.47. The summed E-state index contributed by atoms with van der Waals surface area (Å²) in [6.45, 7) is 7.92. The van der Waals surface area contributed by atoms with Crippen LogP contribution in [0.4, 0.5) is 0 Å². The van der Waals surface area contributed by atoms with E-state index in [-0.39, 0.29) is 11.7 Å². The Labute approximate surface area is 171 Å². The van der Waals surface area contributed by atoms with Crippen LogP contribution in [0, 0.1) is 6.92 Å². The van der Waals surface area contributed by atoms with Gasteiger partial charge in [0.2, 0.25) is 10.0 Å². The molecule has 1 unspecified atom stereocenters. The first-order valence-corrected chi connectivity index (χ1v) is 11.1. The Morgan fingerprint density at radius 3 is 2.19 bits per heavy atom. The van der Waals surface area contributed by atoms with Crippen molar-refractivity contribution in [3.63, 3.8) is 0 Å². The molecule has 0 amide bonds. The highest BCUT2D eigenvalue weighted by molar-refractivity contribution is 7.88. The zero-order valence-electron chi connectivity index (χ0n) is 16.1. The summed E-state index contributed by atoms with van der Waals surface area (Å²) in [6, 6.07) is 8.49. The van der Waals surface area contributed by atoms with Crippen molar-refractivity contribution >= 4 is 33.2 Å². The van der Waals surface area contributed by atoms with Crippen molar-refractivity contribution in [3.05, 3.63) is 62.6 Å². The molecule has 4 nitrogen and oxygen atoms in total. The van der Waals surface area contributed by atoms with Gasteiger partial charge in [-0.05, 0) is 60.7 Å². The van der Waals surface area contributed by atoms with Crippen LogP contribution in [0.25, 0.3) is 0 Å². The van der Waals surface area contributed by atoms with Gasteiger partial charge in [-0.1, -0.05) is 43.1 Å². The maximum atomic E-state index is 12.7. The van der Waals surface area contributed by atoms with Crippen molar-refractivity contribution in [2.45, 2.75) is 45.4 Å². The van der Waals surface area contributed by atoms with E-state index in [4.69, 9.17) is 27.9 Å². The molecule has 0 radical (unpaired) electrons. The highest BCUT2D eigenvalue weighted by Crippen LogP contribution is 2.33. The average Bonchev–Trinajstić information content (AvgIpc) is 2.57. The maximum absolute atomic E-state index is 12.7. The highest BCUT2D eigenvalue weighted by Gasteiger charge is 2.22. The summed E-state index contributed by atoms with van der Waals surface area (Å²) in [5.41, 5.74) is 3.31. The Kier molecular flexibility index (Phi) is 7.20. The van der Waals surface area contributed by atoms with Crippen LogP contribution in [0.5, 0.6) is 5.75 Å². The van der Waals surface area contributed by atoms with E-state index in [0.29, 0.717) is 15.6 Å². The molecule has 0 aliphatic rings. The lowest BCUT2D eigenvalue weighted by molar-refractivity contribution is 0.406. The van der Waals surface area contributed by atoms with Crippen molar-refractivity contribution in [2.24, 2.45) is 0 Å². The predicted octanol–water partition coefficient (Wildman–Crippen LogP) is 5.61. The summed E-state index contributed by atoms with van der Waals surface area (Å²) >= 11 is 12.2. The molecule has 2 rings (SSSR count). The van der Waals surface area contributed by atoms with Crippen molar-refractivity contribution in [1.82, 2.24) is 4.72 Å². The van der Waals surface area contributed by atoms with Gasteiger partial charge in [0, 0.05) is 21.7 Å². The molecule has 0 aromatic heterocycles. The smallest absolute Gasteiger partial charge is 0.216 e. The predicted molar refractivity (Wildman–Crippen MR) is 112 cm³/mol. The lowest BCUT2D eigenvalue weighted by Crippen LogP contribution is -2.29. The molecule has 0 fully saturated rings. The fourth-order valence-electron chi connectivity index (χ4n) is 3.05. The molecule has 2 aromatic carbocycles. The van der Waals surface area contributed by atoms with Crippen LogP contribution in [-0.4, -0.2) is 15.5 Å². The quantitative estimate of drug-likeness (QED) is 0.621. The number of sulfonamides is 1. The van der Waals surface area contributed by atoms with Gasteiger partial charge in [-0.2, -0.15) is 0 Å². The van der Waals surface area contributed by atoms with Crippen LogP contribution >= 0.6 is 23.2 Å². The summed E-state index contributed by atoms with van der Waals surface area (Å²) in [5.74, 6) is 0.788. The van der Waals surface area contributed by atoms with Gasteiger partial charge in [-0.15, -0.1) is 0 Å². The normalized spacial score (nSPS) is 13.0.